The van der Waals surface area contributed by atoms with E-state index in [0.29, 0.717) is 0 Å². The third kappa shape index (κ3) is 12.1. The molecule has 0 fully saturated rings. The van der Waals surface area contributed by atoms with Gasteiger partial charge in [-0.15, -0.1) is 0 Å². The Morgan fingerprint density at radius 2 is 1.05 bits per heavy atom. The fourth-order valence-corrected chi connectivity index (χ4v) is 10.1. The highest BCUT2D eigenvalue weighted by molar-refractivity contribution is 8.68. The fourth-order valence-electron chi connectivity index (χ4n) is 4.60. The molecule has 212 valence electrons. The molecule has 3 aromatic carbocycles. The van der Waals surface area contributed by atoms with E-state index in [1.54, 1.807) is 11.4 Å². The molecule has 0 spiro atoms. The first-order valence-corrected chi connectivity index (χ1v) is 19.0. The Morgan fingerprint density at radius 1 is 0.615 bits per heavy atom. The smallest absolute Gasteiger partial charge is 0.349 e. The maximum atomic E-state index is 6.51. The van der Waals surface area contributed by atoms with E-state index in [1.807, 2.05) is 6.07 Å². The Labute approximate surface area is 247 Å². The van der Waals surface area contributed by atoms with Crippen molar-refractivity contribution in [3.63, 3.8) is 0 Å². The van der Waals surface area contributed by atoms with Crippen molar-refractivity contribution < 1.29 is 9.05 Å². The van der Waals surface area contributed by atoms with Gasteiger partial charge in [-0.2, -0.15) is 0 Å². The molecule has 0 aliphatic carbocycles. The Kier molecular flexibility index (Phi) is 14.5. The van der Waals surface area contributed by atoms with E-state index in [-0.39, 0.29) is 5.25 Å². The number of rotatable bonds is 19. The molecule has 0 saturated carbocycles. The van der Waals surface area contributed by atoms with Crippen molar-refractivity contribution in [1.82, 2.24) is 0 Å². The van der Waals surface area contributed by atoms with Crippen LogP contribution >= 0.6 is 17.1 Å². The van der Waals surface area contributed by atoms with Crippen LogP contribution in [0.25, 0.3) is 0 Å². The highest BCUT2D eigenvalue weighted by atomic mass is 32.9. The van der Waals surface area contributed by atoms with Crippen LogP contribution in [-0.4, -0.2) is 0 Å². The number of unbranched alkanes of at least 4 members (excludes halogenated alkanes) is 8. The normalized spacial score (nSPS) is 12.3. The molecule has 0 radical (unpaired) electrons. The quantitative estimate of drug-likeness (QED) is 0.103. The summed E-state index contributed by atoms with van der Waals surface area (Å²) in [5.74, 6) is 1.56. The third-order valence-corrected chi connectivity index (χ3v) is 12.1. The van der Waals surface area contributed by atoms with Crippen LogP contribution in [-0.2, 0) is 24.6 Å². The lowest BCUT2D eigenvalue weighted by Crippen LogP contribution is -2.01. The minimum absolute atomic E-state index is 0.154. The molecule has 2 nitrogen and oxygen atoms in total. The van der Waals surface area contributed by atoms with Gasteiger partial charge < -0.3 is 9.05 Å². The van der Waals surface area contributed by atoms with Crippen LogP contribution in [0.3, 0.4) is 0 Å². The van der Waals surface area contributed by atoms with E-state index in [4.69, 9.17) is 20.9 Å². The van der Waals surface area contributed by atoms with Gasteiger partial charge in [-0.1, -0.05) is 120 Å². The Bertz CT molecular complexity index is 1040. The van der Waals surface area contributed by atoms with Gasteiger partial charge in [0.1, 0.15) is 11.5 Å². The van der Waals surface area contributed by atoms with Gasteiger partial charge in [0.2, 0.25) is 0 Å². The first-order valence-electron chi connectivity index (χ1n) is 14.9. The highest BCUT2D eigenvalue weighted by Crippen LogP contribution is 2.64. The molecule has 39 heavy (non-hydrogen) atoms. The molecule has 1 unspecified atom stereocenters. The number of aryl methyl sites for hydroxylation is 2. The molecule has 0 bridgehead atoms. The topological polar surface area (TPSA) is 18.5 Å². The number of benzene rings is 3. The van der Waals surface area contributed by atoms with Gasteiger partial charge in [0, 0.05) is 5.25 Å². The van der Waals surface area contributed by atoms with Crippen LogP contribution in [0.5, 0.6) is 11.5 Å². The van der Waals surface area contributed by atoms with E-state index in [0.717, 1.165) is 24.3 Å². The minimum Gasteiger partial charge on any atom is -0.428 e. The maximum Gasteiger partial charge on any atom is 0.349 e. The van der Waals surface area contributed by atoms with E-state index < -0.39 is 5.69 Å². The molecular weight excluding hydrogens is 535 g/mol. The lowest BCUT2D eigenvalue weighted by Gasteiger charge is -2.26. The van der Waals surface area contributed by atoms with Crippen molar-refractivity contribution >= 4 is 28.9 Å². The third-order valence-electron chi connectivity index (χ3n) is 6.98. The molecular formula is C34H47O2PS2. The summed E-state index contributed by atoms with van der Waals surface area (Å²) in [4.78, 5) is 0. The lowest BCUT2D eigenvalue weighted by molar-refractivity contribution is 0.506. The van der Waals surface area contributed by atoms with Gasteiger partial charge in [-0.25, -0.2) is 0 Å². The first-order chi connectivity index (χ1) is 19.0. The standard InChI is InChI=1S/C34H47O2PS2/c1-4-6-8-10-13-17-30-21-25-33(26-22-30)35-37(38,39-29(3)32-19-15-12-16-20-32)36-34-27-23-31(24-28-34)18-14-11-9-7-5-2/h12,15-16,19-29H,4-11,13-14,17-18H2,1-3H3. The minimum atomic E-state index is -2.73. The van der Waals surface area contributed by atoms with Crippen molar-refractivity contribution in [2.24, 2.45) is 0 Å². The highest BCUT2D eigenvalue weighted by Gasteiger charge is 2.28. The average molecular weight is 583 g/mol. The molecule has 3 aromatic rings. The Morgan fingerprint density at radius 3 is 1.49 bits per heavy atom. The lowest BCUT2D eigenvalue weighted by atomic mass is 10.1. The average Bonchev–Trinajstić information content (AvgIpc) is 2.95. The van der Waals surface area contributed by atoms with Crippen molar-refractivity contribution in [2.45, 2.75) is 103 Å². The maximum absolute atomic E-state index is 6.51. The summed E-state index contributed by atoms with van der Waals surface area (Å²) < 4.78 is 13.0. The summed E-state index contributed by atoms with van der Waals surface area (Å²) in [6, 6.07) is 27.4. The van der Waals surface area contributed by atoms with Crippen LogP contribution in [0.1, 0.15) is 107 Å². The zero-order chi connectivity index (χ0) is 27.8. The predicted molar refractivity (Wildman–Crippen MR) is 176 cm³/mol. The fraction of sp³-hybridized carbons (Fsp3) is 0.471. The van der Waals surface area contributed by atoms with Gasteiger partial charge in [0.25, 0.3) is 0 Å². The molecule has 3 rings (SSSR count). The van der Waals surface area contributed by atoms with Gasteiger partial charge in [-0.3, -0.25) is 0 Å². The van der Waals surface area contributed by atoms with E-state index in [9.17, 15) is 0 Å². The van der Waals surface area contributed by atoms with Crippen molar-refractivity contribution in [2.75, 3.05) is 0 Å². The molecule has 0 heterocycles. The summed E-state index contributed by atoms with van der Waals surface area (Å²) in [5, 5.41) is 0.154. The Hall–Kier alpha value is -1.74. The summed E-state index contributed by atoms with van der Waals surface area (Å²) in [5.41, 5.74) is 1.19. The molecule has 0 aromatic heterocycles. The number of hydrogen-bond acceptors (Lipinski definition) is 4. The van der Waals surface area contributed by atoms with Crippen molar-refractivity contribution in [3.05, 3.63) is 95.6 Å². The van der Waals surface area contributed by atoms with E-state index in [1.165, 1.54) is 80.9 Å². The van der Waals surface area contributed by atoms with Crippen LogP contribution in [0.15, 0.2) is 78.9 Å². The van der Waals surface area contributed by atoms with Crippen LogP contribution in [0, 0.1) is 0 Å². The second-order valence-electron chi connectivity index (χ2n) is 10.4. The molecule has 0 saturated heterocycles. The molecule has 0 aliphatic rings. The first kappa shape index (κ1) is 31.8. The van der Waals surface area contributed by atoms with E-state index >= 15 is 0 Å². The summed E-state index contributed by atoms with van der Waals surface area (Å²) in [7, 11) is 0. The van der Waals surface area contributed by atoms with Crippen LogP contribution in [0.2, 0.25) is 0 Å². The van der Waals surface area contributed by atoms with Gasteiger partial charge in [0.15, 0.2) is 0 Å². The van der Waals surface area contributed by atoms with Crippen LogP contribution < -0.4 is 9.05 Å². The Balaban J connectivity index is 1.66. The van der Waals surface area contributed by atoms with Crippen molar-refractivity contribution in [1.29, 1.82) is 0 Å². The van der Waals surface area contributed by atoms with Crippen LogP contribution in [0.4, 0.5) is 0 Å². The van der Waals surface area contributed by atoms with E-state index in [2.05, 4.69) is 93.6 Å². The van der Waals surface area contributed by atoms with Gasteiger partial charge in [-0.05, 0) is 96.8 Å². The second kappa shape index (κ2) is 17.8. The van der Waals surface area contributed by atoms with Crippen molar-refractivity contribution in [3.8, 4) is 11.5 Å². The largest absolute Gasteiger partial charge is 0.428 e. The molecule has 0 amide bonds. The SMILES string of the molecule is CCCCCCCc1ccc(OP(=S)(Oc2ccc(CCCCCCC)cc2)SC(C)c2ccccc2)cc1. The monoisotopic (exact) mass is 582 g/mol. The number of hydrogen-bond donors (Lipinski definition) is 0. The predicted octanol–water partition coefficient (Wildman–Crippen LogP) is 11.9. The summed E-state index contributed by atoms with van der Waals surface area (Å²) >= 11 is 7.78. The molecule has 5 heteroatoms. The zero-order valence-corrected chi connectivity index (χ0v) is 26.7. The molecule has 0 aliphatic heterocycles. The second-order valence-corrected chi connectivity index (χ2v) is 16.8. The van der Waals surface area contributed by atoms with Gasteiger partial charge in [0.05, 0.1) is 0 Å². The molecule has 0 N–H and O–H groups in total. The zero-order valence-electron chi connectivity index (χ0n) is 24.1. The van der Waals surface area contributed by atoms with Gasteiger partial charge >= 0.3 is 5.69 Å². The summed E-state index contributed by atoms with van der Waals surface area (Å²) in [6.07, 6.45) is 15.2. The summed E-state index contributed by atoms with van der Waals surface area (Å²) in [6.45, 7) is 6.69. The molecule has 1 atom stereocenters.